The van der Waals surface area contributed by atoms with E-state index in [0.717, 1.165) is 0 Å². The largest absolute Gasteiger partial charge is 0.297 e. The molecule has 0 aromatic carbocycles. The second-order valence-electron chi connectivity index (χ2n) is 3.50. The third-order valence-electron chi connectivity index (χ3n) is 2.10. The molecular weight excluding hydrogens is 379 g/mol. The van der Waals surface area contributed by atoms with Gasteiger partial charge < -0.3 is 0 Å². The zero-order chi connectivity index (χ0) is 13.1. The van der Waals surface area contributed by atoms with Crippen LogP contribution in [0.2, 0.25) is 5.15 Å². The minimum atomic E-state index is -3.09. The number of hydrogen-bond acceptors (Lipinski definition) is 4. The number of hydrogen-bond donors (Lipinski definition) is 0. The summed E-state index contributed by atoms with van der Waals surface area (Å²) in [6.45, 7) is 1.91. The molecule has 0 aliphatic carbocycles. The summed E-state index contributed by atoms with van der Waals surface area (Å²) in [5.74, 6) is 0.0833. The Bertz CT molecular complexity index is 556. The summed E-state index contributed by atoms with van der Waals surface area (Å²) in [4.78, 5) is 15.5. The van der Waals surface area contributed by atoms with Crippen LogP contribution < -0.4 is 5.56 Å². The van der Waals surface area contributed by atoms with Gasteiger partial charge in [0.05, 0.1) is 12.1 Å². The zero-order valence-electron chi connectivity index (χ0n) is 9.19. The average Bonchev–Trinajstić information content (AvgIpc) is 2.25. The lowest BCUT2D eigenvalue weighted by atomic mass is 10.6. The molecule has 0 aliphatic heterocycles. The van der Waals surface area contributed by atoms with Crippen LogP contribution in [0.15, 0.2) is 11.1 Å². The van der Waals surface area contributed by atoms with Crippen molar-refractivity contribution in [1.82, 2.24) is 9.55 Å². The molecule has 0 saturated heterocycles. The number of aryl methyl sites for hydroxylation is 1. The molecule has 0 amide bonds. The minimum Gasteiger partial charge on any atom is -0.297 e. The first-order valence-corrected chi connectivity index (χ1v) is 8.26. The van der Waals surface area contributed by atoms with Crippen LogP contribution >= 0.6 is 34.2 Å². The zero-order valence-corrected chi connectivity index (χ0v) is 12.9. The van der Waals surface area contributed by atoms with Gasteiger partial charge in [0.15, 0.2) is 9.84 Å². The first-order chi connectivity index (χ1) is 7.87. The summed E-state index contributed by atoms with van der Waals surface area (Å²) in [7, 11) is -3.09. The van der Waals surface area contributed by atoms with Gasteiger partial charge in [-0.05, 0) is 29.0 Å². The van der Waals surface area contributed by atoms with Gasteiger partial charge in [0.25, 0.3) is 5.56 Å². The van der Waals surface area contributed by atoms with Crippen molar-refractivity contribution in [1.29, 1.82) is 0 Å². The molecule has 17 heavy (non-hydrogen) atoms. The molecule has 5 nitrogen and oxygen atoms in total. The lowest BCUT2D eigenvalue weighted by molar-refractivity contribution is 0.584. The fraction of sp³-hybridized carbons (Fsp3) is 0.556. The van der Waals surface area contributed by atoms with E-state index in [0.29, 0.717) is 9.99 Å². The first kappa shape index (κ1) is 14.9. The SMILES string of the molecule is CCCS(=O)(=O)CCn1cnc(Cl)c(I)c1=O. The normalized spacial score (nSPS) is 11.7. The molecule has 0 fully saturated rings. The van der Waals surface area contributed by atoms with Gasteiger partial charge in [-0.2, -0.15) is 0 Å². The monoisotopic (exact) mass is 390 g/mol. The summed E-state index contributed by atoms with van der Waals surface area (Å²) in [5, 5.41) is 0.142. The molecule has 1 rings (SSSR count). The third-order valence-corrected chi connectivity index (χ3v) is 5.51. The second-order valence-corrected chi connectivity index (χ2v) is 7.24. The van der Waals surface area contributed by atoms with Gasteiger partial charge in [0.2, 0.25) is 0 Å². The number of nitrogens with zero attached hydrogens (tertiary/aromatic N) is 2. The molecule has 96 valence electrons. The number of sulfone groups is 1. The highest BCUT2D eigenvalue weighted by atomic mass is 127. The quantitative estimate of drug-likeness (QED) is 0.562. The van der Waals surface area contributed by atoms with E-state index >= 15 is 0 Å². The highest BCUT2D eigenvalue weighted by molar-refractivity contribution is 14.1. The Morgan fingerprint density at radius 3 is 2.71 bits per heavy atom. The van der Waals surface area contributed by atoms with E-state index in [1.807, 2.05) is 0 Å². The molecule has 1 aromatic heterocycles. The van der Waals surface area contributed by atoms with Crippen LogP contribution in [0.3, 0.4) is 0 Å². The van der Waals surface area contributed by atoms with Gasteiger partial charge in [-0.15, -0.1) is 0 Å². The van der Waals surface area contributed by atoms with E-state index in [4.69, 9.17) is 11.6 Å². The van der Waals surface area contributed by atoms with Crippen LogP contribution in [-0.4, -0.2) is 29.5 Å². The fourth-order valence-corrected chi connectivity index (χ4v) is 3.13. The molecular formula is C9H12ClIN2O3S. The molecule has 0 unspecified atom stereocenters. The Hall–Kier alpha value is -0.150. The van der Waals surface area contributed by atoms with Gasteiger partial charge in [-0.1, -0.05) is 18.5 Å². The molecule has 0 spiro atoms. The highest BCUT2D eigenvalue weighted by Gasteiger charge is 2.12. The lowest BCUT2D eigenvalue weighted by Gasteiger charge is -2.06. The van der Waals surface area contributed by atoms with Crippen molar-refractivity contribution < 1.29 is 8.42 Å². The van der Waals surface area contributed by atoms with Crippen molar-refractivity contribution in [3.8, 4) is 0 Å². The molecule has 0 saturated carbocycles. The predicted molar refractivity (Wildman–Crippen MR) is 75.2 cm³/mol. The summed E-state index contributed by atoms with van der Waals surface area (Å²) in [6, 6.07) is 0. The van der Waals surface area contributed by atoms with Crippen molar-refractivity contribution in [2.45, 2.75) is 19.9 Å². The molecule has 0 aliphatic rings. The van der Waals surface area contributed by atoms with Crippen molar-refractivity contribution in [2.75, 3.05) is 11.5 Å². The number of rotatable bonds is 5. The highest BCUT2D eigenvalue weighted by Crippen LogP contribution is 2.09. The number of aromatic nitrogens is 2. The van der Waals surface area contributed by atoms with Gasteiger partial charge >= 0.3 is 0 Å². The lowest BCUT2D eigenvalue weighted by Crippen LogP contribution is -2.27. The molecule has 0 radical (unpaired) electrons. The molecule has 1 aromatic rings. The van der Waals surface area contributed by atoms with Gasteiger partial charge in [-0.25, -0.2) is 13.4 Å². The van der Waals surface area contributed by atoms with Crippen LogP contribution in [0.5, 0.6) is 0 Å². The number of halogens is 2. The summed E-state index contributed by atoms with van der Waals surface area (Å²) >= 11 is 7.47. The first-order valence-electron chi connectivity index (χ1n) is 4.98. The van der Waals surface area contributed by atoms with E-state index in [9.17, 15) is 13.2 Å². The van der Waals surface area contributed by atoms with Crippen LogP contribution in [-0.2, 0) is 16.4 Å². The Kier molecular flexibility index (Phi) is 5.39. The standard InChI is InChI=1S/C9H12ClIN2O3S/c1-2-4-17(15,16)5-3-13-6-12-8(10)7(11)9(13)14/h6H,2-5H2,1H3. The molecule has 1 heterocycles. The van der Waals surface area contributed by atoms with E-state index in [1.165, 1.54) is 10.9 Å². The van der Waals surface area contributed by atoms with Gasteiger partial charge in [0.1, 0.15) is 8.72 Å². The minimum absolute atomic E-state index is 0.0554. The molecule has 0 atom stereocenters. The van der Waals surface area contributed by atoms with Gasteiger partial charge in [-0.3, -0.25) is 9.36 Å². The van der Waals surface area contributed by atoms with Crippen molar-refractivity contribution in [3.05, 3.63) is 25.4 Å². The summed E-state index contributed by atoms with van der Waals surface area (Å²) in [6.07, 6.45) is 1.85. The van der Waals surface area contributed by atoms with E-state index in [2.05, 4.69) is 4.98 Å². The Labute approximate surface area is 118 Å². The second kappa shape index (κ2) is 6.14. The van der Waals surface area contributed by atoms with E-state index in [1.54, 1.807) is 29.5 Å². The van der Waals surface area contributed by atoms with Crippen molar-refractivity contribution >= 4 is 44.0 Å². The van der Waals surface area contributed by atoms with Crippen molar-refractivity contribution in [3.63, 3.8) is 0 Å². The van der Waals surface area contributed by atoms with Crippen LogP contribution in [0.25, 0.3) is 0 Å². The molecule has 0 bridgehead atoms. The predicted octanol–water partition coefficient (Wildman–Crippen LogP) is 1.33. The maximum absolute atomic E-state index is 11.7. The van der Waals surface area contributed by atoms with E-state index in [-0.39, 0.29) is 28.8 Å². The van der Waals surface area contributed by atoms with Crippen molar-refractivity contribution in [2.24, 2.45) is 0 Å². The van der Waals surface area contributed by atoms with Crippen LogP contribution in [0, 0.1) is 3.57 Å². The smallest absolute Gasteiger partial charge is 0.268 e. The maximum atomic E-state index is 11.7. The third kappa shape index (κ3) is 4.22. The van der Waals surface area contributed by atoms with Crippen LogP contribution in [0.1, 0.15) is 13.3 Å². The maximum Gasteiger partial charge on any atom is 0.268 e. The Morgan fingerprint density at radius 1 is 1.47 bits per heavy atom. The Balaban J connectivity index is 2.85. The Morgan fingerprint density at radius 2 is 2.12 bits per heavy atom. The van der Waals surface area contributed by atoms with Gasteiger partial charge in [0, 0.05) is 12.3 Å². The molecule has 8 heteroatoms. The average molecular weight is 391 g/mol. The van der Waals surface area contributed by atoms with Crippen LogP contribution in [0.4, 0.5) is 0 Å². The van der Waals surface area contributed by atoms with E-state index < -0.39 is 9.84 Å². The topological polar surface area (TPSA) is 69.0 Å². The fourth-order valence-electron chi connectivity index (χ4n) is 1.25. The summed E-state index contributed by atoms with van der Waals surface area (Å²) < 4.78 is 24.6. The molecule has 0 N–H and O–H groups in total. The summed E-state index contributed by atoms with van der Waals surface area (Å²) in [5.41, 5.74) is -0.308.